The van der Waals surface area contributed by atoms with Gasteiger partial charge in [-0.3, -0.25) is 24.5 Å². The van der Waals surface area contributed by atoms with Crippen LogP contribution in [0.3, 0.4) is 0 Å². The van der Waals surface area contributed by atoms with Crippen molar-refractivity contribution in [2.45, 2.75) is 0 Å². The lowest BCUT2D eigenvalue weighted by Crippen LogP contribution is -2.04. The van der Waals surface area contributed by atoms with Crippen LogP contribution in [-0.2, 0) is 0 Å². The van der Waals surface area contributed by atoms with E-state index in [0.717, 1.165) is 156 Å². The lowest BCUT2D eigenvalue weighted by atomic mass is 9.97. The maximum atomic E-state index is 8.03. The molecule has 0 saturated carbocycles. The van der Waals surface area contributed by atoms with Crippen molar-refractivity contribution >= 4 is 49.3 Å². The fourth-order valence-corrected chi connectivity index (χ4v) is 12.8. The van der Waals surface area contributed by atoms with Crippen molar-refractivity contribution in [2.75, 3.05) is 0 Å². The number of pyridine rings is 5. The van der Waals surface area contributed by atoms with Gasteiger partial charge in [-0.25, -0.2) is 9.83 Å². The SMILES string of the molecule is [C-]#[N+]c1ccc(-c2cc(-n3c4cc(-c5cccnc5-c5ccccc5)ccc4c4ccc(-c5cccnc5-c5ccccc5)cc43)ncc2-n2c3cc(-c4cccnc4-c4ccccc4)ccc3c3ccc(-c4cccnc4-c4ccccc4)cc32)cc1. The Kier molecular flexibility index (Phi) is 12.7. The van der Waals surface area contributed by atoms with Crippen molar-refractivity contribution in [1.82, 2.24) is 34.1 Å². The summed E-state index contributed by atoms with van der Waals surface area (Å²) in [5.41, 5.74) is 23.2. The number of nitrogens with zero attached hydrogens (tertiary/aromatic N) is 8. The van der Waals surface area contributed by atoms with Crippen LogP contribution in [0, 0.1) is 6.57 Å². The van der Waals surface area contributed by atoms with Crippen molar-refractivity contribution in [3.05, 3.63) is 315 Å². The summed E-state index contributed by atoms with van der Waals surface area (Å²) in [5.74, 6) is 0.721. The second-order valence-electron chi connectivity index (χ2n) is 21.9. The van der Waals surface area contributed by atoms with Crippen LogP contribution in [0.4, 0.5) is 5.69 Å². The summed E-state index contributed by atoms with van der Waals surface area (Å²) in [5, 5.41) is 4.33. The van der Waals surface area contributed by atoms with Gasteiger partial charge in [0.15, 0.2) is 5.69 Å². The average molecular weight is 1120 g/mol. The van der Waals surface area contributed by atoms with E-state index in [1.165, 1.54) is 0 Å². The van der Waals surface area contributed by atoms with Crippen LogP contribution < -0.4 is 0 Å². The van der Waals surface area contributed by atoms with E-state index in [-0.39, 0.29) is 0 Å². The third-order valence-corrected chi connectivity index (χ3v) is 16.8. The molecule has 88 heavy (non-hydrogen) atoms. The first kappa shape index (κ1) is 51.5. The molecule has 8 nitrogen and oxygen atoms in total. The second kappa shape index (κ2) is 21.8. The van der Waals surface area contributed by atoms with Crippen LogP contribution in [0.1, 0.15) is 0 Å². The number of aromatic nitrogens is 7. The molecule has 0 fully saturated rings. The van der Waals surface area contributed by atoms with Gasteiger partial charge in [-0.05, 0) is 82.4 Å². The highest BCUT2D eigenvalue weighted by atomic mass is 15.1. The second-order valence-corrected chi connectivity index (χ2v) is 21.9. The topological polar surface area (TPSA) is 78.7 Å². The molecule has 8 heteroatoms. The van der Waals surface area contributed by atoms with Crippen molar-refractivity contribution < 1.29 is 0 Å². The maximum absolute atomic E-state index is 8.03. The lowest BCUT2D eigenvalue weighted by Gasteiger charge is -2.18. The summed E-state index contributed by atoms with van der Waals surface area (Å²) >= 11 is 0. The molecule has 0 aliphatic rings. The summed E-state index contributed by atoms with van der Waals surface area (Å²) in [7, 11) is 0. The van der Waals surface area contributed by atoms with Crippen LogP contribution in [-0.4, -0.2) is 34.1 Å². The van der Waals surface area contributed by atoms with Gasteiger partial charge >= 0.3 is 0 Å². The quantitative estimate of drug-likeness (QED) is 0.121. The Morgan fingerprint density at radius 2 is 0.580 bits per heavy atom. The fraction of sp³-hybridized carbons (Fsp3) is 0. The number of fused-ring (bicyclic) bond motifs is 6. The predicted octanol–water partition coefficient (Wildman–Crippen LogP) is 20.4. The van der Waals surface area contributed by atoms with Gasteiger partial charge in [0, 0.05) is 96.4 Å². The van der Waals surface area contributed by atoms with Gasteiger partial charge in [-0.15, -0.1) is 0 Å². The normalized spacial score (nSPS) is 11.4. The molecular weight excluding hydrogens is 1070 g/mol. The molecule has 0 atom stereocenters. The van der Waals surface area contributed by atoms with Gasteiger partial charge in [0.05, 0.1) is 63.3 Å². The molecule has 0 saturated heterocycles. The van der Waals surface area contributed by atoms with E-state index in [4.69, 9.17) is 31.5 Å². The standard InChI is InChI=1S/C80H50N8/c1-81-61-36-30-52(31-37-61)70-50-76(88-73-48-59(64-28-16-44-84-79(64)55-22-10-4-11-23-55)34-40-68(73)69-41-35-60(49-74(69)88)65-29-17-45-85-80(65)56-24-12-5-13-25-56)86-51-75(70)87-71-46-57(62-26-14-42-82-77(62)53-18-6-2-7-19-53)32-38-66(71)67-39-33-58(47-72(67)87)63-27-15-43-83-78(63)54-20-8-3-9-21-54/h2-51H. The summed E-state index contributed by atoms with van der Waals surface area (Å²) in [6, 6.07) is 95.4. The summed E-state index contributed by atoms with van der Waals surface area (Å²) in [4.78, 5) is 29.4. The molecule has 0 spiro atoms. The van der Waals surface area contributed by atoms with Crippen molar-refractivity contribution in [2.24, 2.45) is 0 Å². The molecule has 0 aliphatic carbocycles. The van der Waals surface area contributed by atoms with Crippen LogP contribution in [0.5, 0.6) is 0 Å². The van der Waals surface area contributed by atoms with E-state index < -0.39 is 0 Å². The van der Waals surface area contributed by atoms with Crippen molar-refractivity contribution in [1.29, 1.82) is 0 Å². The molecule has 0 amide bonds. The Morgan fingerprint density at radius 1 is 0.261 bits per heavy atom. The zero-order valence-electron chi connectivity index (χ0n) is 47.4. The van der Waals surface area contributed by atoms with Crippen LogP contribution in [0.15, 0.2) is 304 Å². The van der Waals surface area contributed by atoms with Crippen molar-refractivity contribution in [3.8, 4) is 112 Å². The van der Waals surface area contributed by atoms with Crippen LogP contribution in [0.2, 0.25) is 0 Å². The Hall–Kier alpha value is -12.2. The van der Waals surface area contributed by atoms with Gasteiger partial charge in [0.1, 0.15) is 5.82 Å². The van der Waals surface area contributed by atoms with Gasteiger partial charge in [-0.1, -0.05) is 218 Å². The van der Waals surface area contributed by atoms with E-state index in [1.807, 2.05) is 91.6 Å². The molecule has 0 unspecified atom stereocenters. The average Bonchev–Trinajstić information content (AvgIpc) is 1.84. The Balaban J connectivity index is 0.978. The van der Waals surface area contributed by atoms with Gasteiger partial charge in [0.2, 0.25) is 0 Å². The Labute approximate surface area is 508 Å². The number of benzene rings is 9. The highest BCUT2D eigenvalue weighted by Gasteiger charge is 2.24. The first-order chi connectivity index (χ1) is 43.6. The molecule has 9 aromatic carbocycles. The molecule has 16 rings (SSSR count). The monoisotopic (exact) mass is 1120 g/mol. The molecule has 7 heterocycles. The van der Waals surface area contributed by atoms with E-state index in [1.54, 1.807) is 0 Å². The molecular formula is C80H50N8. The minimum atomic E-state index is 0.556. The molecule has 0 aliphatic heterocycles. The number of rotatable bonds is 11. The first-order valence-electron chi connectivity index (χ1n) is 29.3. The largest absolute Gasteiger partial charge is 0.307 e. The van der Waals surface area contributed by atoms with E-state index in [9.17, 15) is 0 Å². The van der Waals surface area contributed by atoms with Gasteiger partial charge < -0.3 is 4.57 Å². The first-order valence-corrected chi connectivity index (χ1v) is 29.3. The zero-order chi connectivity index (χ0) is 58.5. The van der Waals surface area contributed by atoms with Crippen LogP contribution in [0.25, 0.3) is 161 Å². The Bertz CT molecular complexity index is 5100. The minimum absolute atomic E-state index is 0.556. The maximum Gasteiger partial charge on any atom is 0.187 e. The zero-order valence-corrected chi connectivity index (χ0v) is 47.4. The van der Waals surface area contributed by atoms with E-state index >= 15 is 0 Å². The third kappa shape index (κ3) is 8.98. The molecule has 410 valence electrons. The number of hydrogen-bond donors (Lipinski definition) is 0. The summed E-state index contributed by atoms with van der Waals surface area (Å²) in [6.45, 7) is 8.03. The smallest absolute Gasteiger partial charge is 0.187 e. The summed E-state index contributed by atoms with van der Waals surface area (Å²) < 4.78 is 4.70. The van der Waals surface area contributed by atoms with E-state index in [2.05, 4.69) is 226 Å². The van der Waals surface area contributed by atoms with E-state index in [0.29, 0.717) is 5.69 Å². The molecule has 7 aromatic heterocycles. The lowest BCUT2D eigenvalue weighted by molar-refractivity contribution is 1.06. The van der Waals surface area contributed by atoms with Crippen LogP contribution >= 0.6 is 0 Å². The minimum Gasteiger partial charge on any atom is -0.307 e. The van der Waals surface area contributed by atoms with Gasteiger partial charge in [-0.2, -0.15) is 0 Å². The third-order valence-electron chi connectivity index (χ3n) is 16.8. The number of hydrogen-bond acceptors (Lipinski definition) is 5. The predicted molar refractivity (Wildman–Crippen MR) is 359 cm³/mol. The Morgan fingerprint density at radius 3 is 0.909 bits per heavy atom. The molecule has 0 N–H and O–H groups in total. The highest BCUT2D eigenvalue weighted by molar-refractivity contribution is 6.14. The molecule has 16 aromatic rings. The van der Waals surface area contributed by atoms with Gasteiger partial charge in [0.25, 0.3) is 0 Å². The summed E-state index contributed by atoms with van der Waals surface area (Å²) in [6.07, 6.45) is 9.50. The highest BCUT2D eigenvalue weighted by Crippen LogP contribution is 2.45. The van der Waals surface area contributed by atoms with Crippen molar-refractivity contribution in [3.63, 3.8) is 0 Å². The fourth-order valence-electron chi connectivity index (χ4n) is 12.8. The molecule has 0 radical (unpaired) electrons. The molecule has 0 bridgehead atoms.